The van der Waals surface area contributed by atoms with Gasteiger partial charge in [0.1, 0.15) is 16.5 Å². The Morgan fingerprint density at radius 2 is 2.16 bits per heavy atom. The van der Waals surface area contributed by atoms with Crippen LogP contribution >= 0.6 is 0 Å². The Morgan fingerprint density at radius 1 is 1.37 bits per heavy atom. The normalized spacial score (nSPS) is 11.7. The van der Waals surface area contributed by atoms with E-state index < -0.39 is 10.0 Å². The summed E-state index contributed by atoms with van der Waals surface area (Å²) in [4.78, 5) is 11.0. The predicted octanol–water partition coefficient (Wildman–Crippen LogP) is 0.667. The van der Waals surface area contributed by atoms with Crippen LogP contribution in [0, 0.1) is 0 Å². The molecular formula is C11H15N5O2S. The molecule has 0 atom stereocenters. The average molecular weight is 281 g/mol. The van der Waals surface area contributed by atoms with Crippen LogP contribution in [0.1, 0.15) is 5.82 Å². The highest BCUT2D eigenvalue weighted by molar-refractivity contribution is 7.89. The number of nitrogens with one attached hydrogen (secondary N) is 2. The molecule has 2 aromatic heterocycles. The zero-order chi connectivity index (χ0) is 13.9. The van der Waals surface area contributed by atoms with Crippen LogP contribution in [-0.4, -0.2) is 41.8 Å². The lowest BCUT2D eigenvalue weighted by molar-refractivity contribution is 0.458. The molecule has 0 aliphatic heterocycles. The standard InChI is InChI=1S/C11H15N5O2S/c1-12-11-9(4-3-5-15-11)19(17,18)16(2)8-10-13-6-7-14-10/h3-7H,8H2,1-2H3,(H,12,15)(H,13,14). The van der Waals surface area contributed by atoms with E-state index >= 15 is 0 Å². The molecule has 0 saturated carbocycles. The number of hydrogen-bond donors (Lipinski definition) is 2. The first-order chi connectivity index (χ1) is 9.05. The van der Waals surface area contributed by atoms with Crippen molar-refractivity contribution < 1.29 is 8.42 Å². The van der Waals surface area contributed by atoms with Gasteiger partial charge in [-0.2, -0.15) is 4.31 Å². The first-order valence-corrected chi connectivity index (χ1v) is 7.07. The van der Waals surface area contributed by atoms with Crippen LogP contribution in [0.5, 0.6) is 0 Å². The fraction of sp³-hybridized carbons (Fsp3) is 0.273. The maximum Gasteiger partial charge on any atom is 0.246 e. The number of hydrogen-bond acceptors (Lipinski definition) is 5. The van der Waals surface area contributed by atoms with E-state index in [2.05, 4.69) is 20.3 Å². The second-order valence-electron chi connectivity index (χ2n) is 3.90. The van der Waals surface area contributed by atoms with Gasteiger partial charge in [-0.1, -0.05) is 0 Å². The van der Waals surface area contributed by atoms with Crippen molar-refractivity contribution in [3.63, 3.8) is 0 Å². The molecule has 0 aliphatic rings. The minimum atomic E-state index is -3.61. The van der Waals surface area contributed by atoms with Crippen molar-refractivity contribution >= 4 is 15.8 Å². The summed E-state index contributed by atoms with van der Waals surface area (Å²) >= 11 is 0. The SMILES string of the molecule is CNc1ncccc1S(=O)(=O)N(C)Cc1ncc[nH]1. The first kappa shape index (κ1) is 13.5. The molecule has 0 spiro atoms. The third kappa shape index (κ3) is 2.74. The van der Waals surface area contributed by atoms with E-state index in [-0.39, 0.29) is 11.4 Å². The van der Waals surface area contributed by atoms with Crippen LogP contribution in [0.25, 0.3) is 0 Å². The summed E-state index contributed by atoms with van der Waals surface area (Å²) in [5.41, 5.74) is 0. The van der Waals surface area contributed by atoms with Gasteiger partial charge in [-0.05, 0) is 12.1 Å². The predicted molar refractivity (Wildman–Crippen MR) is 71.0 cm³/mol. The lowest BCUT2D eigenvalue weighted by atomic mass is 10.5. The number of pyridine rings is 1. The monoisotopic (exact) mass is 281 g/mol. The van der Waals surface area contributed by atoms with Gasteiger partial charge in [-0.3, -0.25) is 0 Å². The maximum absolute atomic E-state index is 12.4. The van der Waals surface area contributed by atoms with E-state index in [4.69, 9.17) is 0 Å². The first-order valence-electron chi connectivity index (χ1n) is 5.63. The van der Waals surface area contributed by atoms with Gasteiger partial charge >= 0.3 is 0 Å². The number of anilines is 1. The summed E-state index contributed by atoms with van der Waals surface area (Å²) in [6.07, 6.45) is 4.77. The van der Waals surface area contributed by atoms with Crippen LogP contribution in [-0.2, 0) is 16.6 Å². The Bertz CT molecular complexity index is 639. The highest BCUT2D eigenvalue weighted by atomic mass is 32.2. The molecule has 0 radical (unpaired) electrons. The van der Waals surface area contributed by atoms with E-state index in [1.54, 1.807) is 25.5 Å². The van der Waals surface area contributed by atoms with Crippen LogP contribution < -0.4 is 5.32 Å². The summed E-state index contributed by atoms with van der Waals surface area (Å²) in [6, 6.07) is 3.11. The zero-order valence-electron chi connectivity index (χ0n) is 10.7. The summed E-state index contributed by atoms with van der Waals surface area (Å²) in [5, 5.41) is 2.78. The van der Waals surface area contributed by atoms with Crippen LogP contribution in [0.3, 0.4) is 0 Å². The lowest BCUT2D eigenvalue weighted by Gasteiger charge is -2.17. The topological polar surface area (TPSA) is 91.0 Å². The van der Waals surface area contributed by atoms with Crippen LogP contribution in [0.15, 0.2) is 35.6 Å². The Hall–Kier alpha value is -1.93. The molecule has 102 valence electrons. The number of sulfonamides is 1. The molecule has 2 rings (SSSR count). The molecule has 19 heavy (non-hydrogen) atoms. The number of aromatic amines is 1. The molecule has 2 N–H and O–H groups in total. The van der Waals surface area contributed by atoms with Gasteiger partial charge < -0.3 is 10.3 Å². The van der Waals surface area contributed by atoms with Gasteiger partial charge in [0.15, 0.2) is 0 Å². The zero-order valence-corrected chi connectivity index (χ0v) is 11.5. The van der Waals surface area contributed by atoms with Crippen molar-refractivity contribution in [3.8, 4) is 0 Å². The van der Waals surface area contributed by atoms with Gasteiger partial charge in [0.25, 0.3) is 0 Å². The van der Waals surface area contributed by atoms with Crippen LogP contribution in [0.2, 0.25) is 0 Å². The molecule has 0 aromatic carbocycles. The fourth-order valence-electron chi connectivity index (χ4n) is 1.63. The Labute approximate surface area is 111 Å². The molecule has 0 fully saturated rings. The van der Waals surface area contributed by atoms with Crippen molar-refractivity contribution in [3.05, 3.63) is 36.5 Å². The van der Waals surface area contributed by atoms with Gasteiger partial charge in [0, 0.05) is 32.7 Å². The van der Waals surface area contributed by atoms with Crippen molar-refractivity contribution in [2.45, 2.75) is 11.4 Å². The second kappa shape index (κ2) is 5.37. The maximum atomic E-state index is 12.4. The van der Waals surface area contributed by atoms with Crippen molar-refractivity contribution in [2.75, 3.05) is 19.4 Å². The Morgan fingerprint density at radius 3 is 2.79 bits per heavy atom. The van der Waals surface area contributed by atoms with E-state index in [9.17, 15) is 8.42 Å². The van der Waals surface area contributed by atoms with E-state index in [1.165, 1.54) is 23.6 Å². The molecule has 0 aliphatic carbocycles. The molecule has 2 heterocycles. The highest BCUT2D eigenvalue weighted by Crippen LogP contribution is 2.21. The summed E-state index contributed by atoms with van der Waals surface area (Å²) in [6.45, 7) is 0.174. The van der Waals surface area contributed by atoms with E-state index in [0.717, 1.165) is 0 Å². The summed E-state index contributed by atoms with van der Waals surface area (Å²) in [7, 11) is -0.472. The largest absolute Gasteiger partial charge is 0.372 e. The minimum absolute atomic E-state index is 0.145. The molecule has 0 bridgehead atoms. The van der Waals surface area contributed by atoms with Crippen LogP contribution in [0.4, 0.5) is 5.82 Å². The molecule has 0 saturated heterocycles. The average Bonchev–Trinajstić information content (AvgIpc) is 2.91. The second-order valence-corrected chi connectivity index (χ2v) is 5.91. The minimum Gasteiger partial charge on any atom is -0.372 e. The number of H-pyrrole nitrogens is 1. The number of aromatic nitrogens is 3. The van der Waals surface area contributed by atoms with Gasteiger partial charge in [-0.15, -0.1) is 0 Å². The van der Waals surface area contributed by atoms with Crippen molar-refractivity contribution in [2.24, 2.45) is 0 Å². The van der Waals surface area contributed by atoms with Crippen molar-refractivity contribution in [1.29, 1.82) is 0 Å². The van der Waals surface area contributed by atoms with E-state index in [0.29, 0.717) is 11.6 Å². The summed E-state index contributed by atoms with van der Waals surface area (Å²) < 4.78 is 26.1. The Balaban J connectivity index is 2.31. The third-order valence-corrected chi connectivity index (χ3v) is 4.46. The fourth-order valence-corrected chi connectivity index (χ4v) is 2.91. The quantitative estimate of drug-likeness (QED) is 0.840. The molecule has 7 nitrogen and oxygen atoms in total. The Kier molecular flexibility index (Phi) is 3.82. The smallest absolute Gasteiger partial charge is 0.246 e. The number of nitrogens with zero attached hydrogens (tertiary/aromatic N) is 3. The van der Waals surface area contributed by atoms with E-state index in [1.807, 2.05) is 0 Å². The lowest BCUT2D eigenvalue weighted by Crippen LogP contribution is -2.27. The summed E-state index contributed by atoms with van der Waals surface area (Å²) in [5.74, 6) is 0.912. The van der Waals surface area contributed by atoms with Gasteiger partial charge in [0.05, 0.1) is 6.54 Å². The molecule has 2 aromatic rings. The highest BCUT2D eigenvalue weighted by Gasteiger charge is 2.24. The molecule has 0 unspecified atom stereocenters. The molecular weight excluding hydrogens is 266 g/mol. The molecule has 8 heteroatoms. The number of imidazole rings is 1. The third-order valence-electron chi connectivity index (χ3n) is 2.62. The van der Waals surface area contributed by atoms with Crippen molar-refractivity contribution in [1.82, 2.24) is 19.3 Å². The van der Waals surface area contributed by atoms with Gasteiger partial charge in [-0.25, -0.2) is 18.4 Å². The number of rotatable bonds is 5. The molecule has 0 amide bonds. The van der Waals surface area contributed by atoms with Gasteiger partial charge in [0.2, 0.25) is 10.0 Å².